The summed E-state index contributed by atoms with van der Waals surface area (Å²) in [6.45, 7) is 8.40. The summed E-state index contributed by atoms with van der Waals surface area (Å²) in [4.78, 5) is 8.89. The summed E-state index contributed by atoms with van der Waals surface area (Å²) in [6.07, 6.45) is 0.970. The van der Waals surface area contributed by atoms with Gasteiger partial charge >= 0.3 is 0 Å². The standard InChI is InChI=1S/C15H22N4S/c1-10(7-11-5-6-20-9-11)17-13-8-12(16)18-14(19-13)15(2,3)4/h5-6,8-10H,7H2,1-4H3,(H3,16,17,18,19). The molecule has 0 aromatic carbocycles. The highest BCUT2D eigenvalue weighted by atomic mass is 32.1. The molecule has 0 amide bonds. The molecule has 0 fully saturated rings. The van der Waals surface area contributed by atoms with Gasteiger partial charge in [0, 0.05) is 17.5 Å². The van der Waals surface area contributed by atoms with E-state index >= 15 is 0 Å². The first-order chi connectivity index (χ1) is 9.34. The molecule has 0 saturated heterocycles. The molecule has 0 saturated carbocycles. The third-order valence-corrected chi connectivity index (χ3v) is 3.67. The van der Waals surface area contributed by atoms with Gasteiger partial charge in [-0.2, -0.15) is 11.3 Å². The van der Waals surface area contributed by atoms with Crippen LogP contribution in [0.2, 0.25) is 0 Å². The molecule has 0 aliphatic carbocycles. The zero-order valence-electron chi connectivity index (χ0n) is 12.5. The maximum absolute atomic E-state index is 5.88. The van der Waals surface area contributed by atoms with Crippen LogP contribution in [0.4, 0.5) is 11.6 Å². The van der Waals surface area contributed by atoms with Crippen molar-refractivity contribution in [2.24, 2.45) is 0 Å². The van der Waals surface area contributed by atoms with E-state index in [4.69, 9.17) is 5.73 Å². The summed E-state index contributed by atoms with van der Waals surface area (Å²) in [7, 11) is 0. The van der Waals surface area contributed by atoms with Crippen molar-refractivity contribution in [1.29, 1.82) is 0 Å². The minimum atomic E-state index is -0.109. The molecule has 2 rings (SSSR count). The summed E-state index contributed by atoms with van der Waals surface area (Å²) in [6, 6.07) is 4.24. The number of nitrogens with one attached hydrogen (secondary N) is 1. The van der Waals surface area contributed by atoms with Crippen molar-refractivity contribution < 1.29 is 0 Å². The van der Waals surface area contributed by atoms with Gasteiger partial charge in [0.1, 0.15) is 17.5 Å². The van der Waals surface area contributed by atoms with Crippen molar-refractivity contribution in [3.8, 4) is 0 Å². The van der Waals surface area contributed by atoms with E-state index in [0.717, 1.165) is 18.1 Å². The van der Waals surface area contributed by atoms with Crippen molar-refractivity contribution in [1.82, 2.24) is 9.97 Å². The van der Waals surface area contributed by atoms with Crippen LogP contribution in [-0.2, 0) is 11.8 Å². The summed E-state index contributed by atoms with van der Waals surface area (Å²) >= 11 is 1.72. The van der Waals surface area contributed by atoms with E-state index in [1.807, 2.05) is 0 Å². The minimum absolute atomic E-state index is 0.109. The Balaban J connectivity index is 2.11. The van der Waals surface area contributed by atoms with Gasteiger partial charge in [0.2, 0.25) is 0 Å². The molecule has 0 aliphatic heterocycles. The van der Waals surface area contributed by atoms with Gasteiger partial charge in [-0.1, -0.05) is 20.8 Å². The quantitative estimate of drug-likeness (QED) is 0.905. The van der Waals surface area contributed by atoms with Crippen molar-refractivity contribution in [3.63, 3.8) is 0 Å². The second kappa shape index (κ2) is 5.79. The summed E-state index contributed by atoms with van der Waals surface area (Å²) in [5.74, 6) is 2.07. The molecule has 0 spiro atoms. The largest absolute Gasteiger partial charge is 0.384 e. The van der Waals surface area contributed by atoms with Gasteiger partial charge in [0.25, 0.3) is 0 Å². The lowest BCUT2D eigenvalue weighted by atomic mass is 9.96. The highest BCUT2D eigenvalue weighted by Gasteiger charge is 2.19. The van der Waals surface area contributed by atoms with Gasteiger partial charge < -0.3 is 11.1 Å². The average Bonchev–Trinajstić information content (AvgIpc) is 2.79. The highest BCUT2D eigenvalue weighted by molar-refractivity contribution is 7.07. The van der Waals surface area contributed by atoms with Crippen LogP contribution in [0.15, 0.2) is 22.9 Å². The monoisotopic (exact) mass is 290 g/mol. The first-order valence-electron chi connectivity index (χ1n) is 6.77. The molecule has 0 aliphatic rings. The zero-order chi connectivity index (χ0) is 14.8. The molecule has 0 radical (unpaired) electrons. The lowest BCUT2D eigenvalue weighted by Crippen LogP contribution is -2.22. The van der Waals surface area contributed by atoms with Gasteiger partial charge in [0.05, 0.1) is 0 Å². The molecule has 108 valence electrons. The lowest BCUT2D eigenvalue weighted by molar-refractivity contribution is 0.546. The Labute approximate surface area is 124 Å². The number of nitrogens with two attached hydrogens (primary N) is 1. The van der Waals surface area contributed by atoms with E-state index in [0.29, 0.717) is 11.9 Å². The molecule has 0 bridgehead atoms. The molecule has 2 aromatic rings. The molecule has 4 nitrogen and oxygen atoms in total. The molecule has 1 atom stereocenters. The minimum Gasteiger partial charge on any atom is -0.384 e. The topological polar surface area (TPSA) is 63.8 Å². The van der Waals surface area contributed by atoms with Crippen molar-refractivity contribution in [2.45, 2.75) is 45.6 Å². The molecular weight excluding hydrogens is 268 g/mol. The third kappa shape index (κ3) is 3.93. The van der Waals surface area contributed by atoms with Crippen LogP contribution in [0, 0.1) is 0 Å². The number of anilines is 2. The van der Waals surface area contributed by atoms with Crippen LogP contribution in [0.1, 0.15) is 39.1 Å². The summed E-state index contributed by atoms with van der Waals surface area (Å²) in [5.41, 5.74) is 7.11. The fourth-order valence-corrected chi connectivity index (χ4v) is 2.62. The maximum Gasteiger partial charge on any atom is 0.138 e. The summed E-state index contributed by atoms with van der Waals surface area (Å²) < 4.78 is 0. The molecule has 5 heteroatoms. The van der Waals surface area contributed by atoms with Crippen LogP contribution >= 0.6 is 11.3 Å². The van der Waals surface area contributed by atoms with Crippen LogP contribution in [0.25, 0.3) is 0 Å². The highest BCUT2D eigenvalue weighted by Crippen LogP contribution is 2.21. The van der Waals surface area contributed by atoms with Gasteiger partial charge in [-0.15, -0.1) is 0 Å². The van der Waals surface area contributed by atoms with E-state index in [-0.39, 0.29) is 5.41 Å². The third-order valence-electron chi connectivity index (χ3n) is 2.93. The van der Waals surface area contributed by atoms with E-state index < -0.39 is 0 Å². The number of aromatic nitrogens is 2. The number of rotatable bonds is 4. The van der Waals surface area contributed by atoms with E-state index in [1.165, 1.54) is 5.56 Å². The average molecular weight is 290 g/mol. The fourth-order valence-electron chi connectivity index (χ4n) is 1.94. The Morgan fingerprint density at radius 3 is 2.70 bits per heavy atom. The Morgan fingerprint density at radius 2 is 2.10 bits per heavy atom. The molecule has 20 heavy (non-hydrogen) atoms. The van der Waals surface area contributed by atoms with Crippen LogP contribution in [0.3, 0.4) is 0 Å². The normalized spacial score (nSPS) is 13.2. The Hall–Kier alpha value is -1.62. The number of hydrogen-bond acceptors (Lipinski definition) is 5. The molecule has 2 aromatic heterocycles. The van der Waals surface area contributed by atoms with E-state index in [2.05, 4.69) is 59.8 Å². The zero-order valence-corrected chi connectivity index (χ0v) is 13.3. The van der Waals surface area contributed by atoms with E-state index in [1.54, 1.807) is 17.4 Å². The van der Waals surface area contributed by atoms with Crippen LogP contribution in [0.5, 0.6) is 0 Å². The molecule has 1 unspecified atom stereocenters. The first kappa shape index (κ1) is 14.8. The Bertz CT molecular complexity index is 558. The second-order valence-electron chi connectivity index (χ2n) is 6.13. The molecule has 3 N–H and O–H groups in total. The van der Waals surface area contributed by atoms with Crippen molar-refractivity contribution in [3.05, 3.63) is 34.3 Å². The lowest BCUT2D eigenvalue weighted by Gasteiger charge is -2.20. The second-order valence-corrected chi connectivity index (χ2v) is 6.91. The predicted molar refractivity (Wildman–Crippen MR) is 86.3 cm³/mol. The fraction of sp³-hybridized carbons (Fsp3) is 0.467. The van der Waals surface area contributed by atoms with Crippen LogP contribution < -0.4 is 11.1 Å². The Morgan fingerprint density at radius 1 is 1.35 bits per heavy atom. The number of hydrogen-bond donors (Lipinski definition) is 2. The Kier molecular flexibility index (Phi) is 4.28. The van der Waals surface area contributed by atoms with Crippen molar-refractivity contribution in [2.75, 3.05) is 11.1 Å². The van der Waals surface area contributed by atoms with Gasteiger partial charge in [-0.25, -0.2) is 9.97 Å². The first-order valence-corrected chi connectivity index (χ1v) is 7.71. The number of nitrogen functional groups attached to an aromatic ring is 1. The number of thiophene rings is 1. The summed E-state index contributed by atoms with van der Waals surface area (Å²) in [5, 5.41) is 7.68. The van der Waals surface area contributed by atoms with Gasteiger partial charge in [0.15, 0.2) is 0 Å². The van der Waals surface area contributed by atoms with Gasteiger partial charge in [-0.05, 0) is 35.7 Å². The maximum atomic E-state index is 5.88. The van der Waals surface area contributed by atoms with Crippen LogP contribution in [-0.4, -0.2) is 16.0 Å². The predicted octanol–water partition coefficient (Wildman–Crippen LogP) is 3.46. The molecular formula is C15H22N4S. The smallest absolute Gasteiger partial charge is 0.138 e. The molecule has 2 heterocycles. The SMILES string of the molecule is CC(Cc1ccsc1)Nc1cc(N)nc(C(C)(C)C)n1. The van der Waals surface area contributed by atoms with Crippen molar-refractivity contribution >= 4 is 23.0 Å². The van der Waals surface area contributed by atoms with E-state index in [9.17, 15) is 0 Å². The number of nitrogens with zero attached hydrogens (tertiary/aromatic N) is 2. The van der Waals surface area contributed by atoms with Gasteiger partial charge in [-0.3, -0.25) is 0 Å².